The molecule has 3 aromatic rings. The Morgan fingerprint density at radius 1 is 0.974 bits per heavy atom. The Bertz CT molecular complexity index is 1430. The van der Waals surface area contributed by atoms with Crippen LogP contribution in [-0.2, 0) is 38.1 Å². The van der Waals surface area contributed by atoms with E-state index in [1.54, 1.807) is 36.4 Å². The normalized spacial score (nSPS) is 16.6. The maximum atomic E-state index is 13.9. The number of fused-ring (bicyclic) bond motifs is 2. The third kappa shape index (κ3) is 5.82. The molecule has 0 radical (unpaired) electrons. The van der Waals surface area contributed by atoms with Gasteiger partial charge in [-0.15, -0.1) is 0 Å². The van der Waals surface area contributed by atoms with E-state index in [1.807, 2.05) is 42.5 Å². The molecule has 0 saturated heterocycles. The van der Waals surface area contributed by atoms with Crippen LogP contribution in [0.4, 0.5) is 0 Å². The van der Waals surface area contributed by atoms with Crippen LogP contribution in [0.3, 0.4) is 0 Å². The third-order valence-electron chi connectivity index (χ3n) is 7.72. The number of benzene rings is 3. The number of nitrogens with zero attached hydrogens (tertiary/aromatic N) is 1. The second-order valence-corrected chi connectivity index (χ2v) is 12.3. The minimum absolute atomic E-state index is 0.184. The van der Waals surface area contributed by atoms with Crippen LogP contribution in [0.15, 0.2) is 71.6 Å². The zero-order valence-electron chi connectivity index (χ0n) is 22.5. The van der Waals surface area contributed by atoms with Gasteiger partial charge in [-0.05, 0) is 79.3 Å². The molecule has 1 saturated carbocycles. The predicted molar refractivity (Wildman–Crippen MR) is 148 cm³/mol. The van der Waals surface area contributed by atoms with E-state index in [0.29, 0.717) is 31.0 Å². The van der Waals surface area contributed by atoms with Gasteiger partial charge >= 0.3 is 5.97 Å². The predicted octanol–water partition coefficient (Wildman–Crippen LogP) is 5.53. The van der Waals surface area contributed by atoms with Crippen molar-refractivity contribution < 1.29 is 27.4 Å². The van der Waals surface area contributed by atoms with Gasteiger partial charge in [0.15, 0.2) is 6.61 Å². The van der Waals surface area contributed by atoms with Crippen LogP contribution in [0.5, 0.6) is 11.5 Å². The number of rotatable bonds is 9. The number of esters is 1. The maximum absolute atomic E-state index is 13.9. The molecule has 0 aromatic heterocycles. The lowest BCUT2D eigenvalue weighted by Gasteiger charge is -2.41. The standard InChI is InChI=1S/C31H35NO6S/c1-3-36-30(33)21-38-29-14-12-27(17-23(29)2)39(34,35)32-19-25-18-26(37-20-24-9-5-4-6-10-24)11-13-28(25)31(22-32)15-7-8-16-31/h4-6,9-14,17-18H,3,7-8,15-16,19-22H2,1-2H3. The van der Waals surface area contributed by atoms with Crippen LogP contribution in [0.2, 0.25) is 0 Å². The number of carbonyl (C=O) groups is 1. The largest absolute Gasteiger partial charge is 0.489 e. The van der Waals surface area contributed by atoms with Crippen LogP contribution in [0, 0.1) is 6.92 Å². The Morgan fingerprint density at radius 3 is 2.46 bits per heavy atom. The molecule has 1 fully saturated rings. The monoisotopic (exact) mass is 549 g/mol. The lowest BCUT2D eigenvalue weighted by molar-refractivity contribution is -0.145. The number of sulfonamides is 1. The Morgan fingerprint density at radius 2 is 1.74 bits per heavy atom. The number of aryl methyl sites for hydroxylation is 1. The van der Waals surface area contributed by atoms with Crippen molar-refractivity contribution in [1.29, 1.82) is 0 Å². The zero-order chi connectivity index (χ0) is 27.5. The summed E-state index contributed by atoms with van der Waals surface area (Å²) >= 11 is 0. The minimum atomic E-state index is -3.77. The molecular formula is C31H35NO6S. The molecule has 5 rings (SSSR count). The highest BCUT2D eigenvalue weighted by Gasteiger charge is 2.45. The topological polar surface area (TPSA) is 82.1 Å². The van der Waals surface area contributed by atoms with Crippen molar-refractivity contribution in [3.05, 3.63) is 89.0 Å². The summed E-state index contributed by atoms with van der Waals surface area (Å²) in [6.07, 6.45) is 4.11. The first-order valence-corrected chi connectivity index (χ1v) is 14.9. The van der Waals surface area contributed by atoms with Crippen molar-refractivity contribution in [3.63, 3.8) is 0 Å². The van der Waals surface area contributed by atoms with E-state index in [9.17, 15) is 13.2 Å². The molecule has 0 N–H and O–H groups in total. The average molecular weight is 550 g/mol. The van der Waals surface area contributed by atoms with E-state index in [0.717, 1.165) is 42.6 Å². The number of ether oxygens (including phenoxy) is 3. The van der Waals surface area contributed by atoms with Crippen molar-refractivity contribution in [3.8, 4) is 11.5 Å². The van der Waals surface area contributed by atoms with Gasteiger partial charge in [0.1, 0.15) is 18.1 Å². The molecule has 2 aliphatic rings. The van der Waals surface area contributed by atoms with Gasteiger partial charge in [-0.2, -0.15) is 4.31 Å². The fraction of sp³-hybridized carbons (Fsp3) is 0.387. The summed E-state index contributed by atoms with van der Waals surface area (Å²) in [4.78, 5) is 11.9. The molecule has 1 aliphatic carbocycles. The van der Waals surface area contributed by atoms with Crippen molar-refractivity contribution >= 4 is 16.0 Å². The smallest absolute Gasteiger partial charge is 0.344 e. The van der Waals surface area contributed by atoms with Crippen LogP contribution < -0.4 is 9.47 Å². The number of carbonyl (C=O) groups excluding carboxylic acids is 1. The van der Waals surface area contributed by atoms with Gasteiger partial charge in [0.25, 0.3) is 0 Å². The molecule has 1 aliphatic heterocycles. The summed E-state index contributed by atoms with van der Waals surface area (Å²) in [6.45, 7) is 4.78. The Hall–Kier alpha value is -3.36. The summed E-state index contributed by atoms with van der Waals surface area (Å²) in [5, 5.41) is 0. The molecule has 206 valence electrons. The van der Waals surface area contributed by atoms with Crippen LogP contribution in [0.1, 0.15) is 54.9 Å². The van der Waals surface area contributed by atoms with E-state index in [-0.39, 0.29) is 23.5 Å². The molecule has 0 bridgehead atoms. The second kappa shape index (κ2) is 11.4. The van der Waals surface area contributed by atoms with Gasteiger partial charge in [-0.1, -0.05) is 49.2 Å². The number of hydrogen-bond acceptors (Lipinski definition) is 6. The Balaban J connectivity index is 1.39. The first-order chi connectivity index (χ1) is 18.8. The minimum Gasteiger partial charge on any atom is -0.489 e. The van der Waals surface area contributed by atoms with Crippen LogP contribution in [0.25, 0.3) is 0 Å². The summed E-state index contributed by atoms with van der Waals surface area (Å²) in [5.74, 6) is 0.733. The zero-order valence-corrected chi connectivity index (χ0v) is 23.3. The lowest BCUT2D eigenvalue weighted by Crippen LogP contribution is -2.46. The molecule has 7 nitrogen and oxygen atoms in total. The second-order valence-electron chi connectivity index (χ2n) is 10.4. The molecule has 0 amide bonds. The first kappa shape index (κ1) is 27.2. The van der Waals surface area contributed by atoms with E-state index in [1.165, 1.54) is 5.56 Å². The molecule has 1 spiro atoms. The average Bonchev–Trinajstić information content (AvgIpc) is 3.40. The Kier molecular flexibility index (Phi) is 7.96. The molecule has 3 aromatic carbocycles. The van der Waals surface area contributed by atoms with Gasteiger partial charge in [0.05, 0.1) is 11.5 Å². The van der Waals surface area contributed by atoms with Crippen molar-refractivity contribution in [2.24, 2.45) is 0 Å². The van der Waals surface area contributed by atoms with Crippen LogP contribution >= 0.6 is 0 Å². The fourth-order valence-electron chi connectivity index (χ4n) is 5.80. The molecule has 39 heavy (non-hydrogen) atoms. The summed E-state index contributed by atoms with van der Waals surface area (Å²) < 4.78 is 46.0. The first-order valence-electron chi connectivity index (χ1n) is 13.5. The van der Waals surface area contributed by atoms with E-state index < -0.39 is 16.0 Å². The SMILES string of the molecule is CCOC(=O)COc1ccc(S(=O)(=O)N2Cc3cc(OCc4ccccc4)ccc3C3(CCCC3)C2)cc1C. The Labute approximate surface area is 230 Å². The molecule has 0 atom stereocenters. The van der Waals surface area contributed by atoms with Gasteiger partial charge < -0.3 is 14.2 Å². The van der Waals surface area contributed by atoms with E-state index in [4.69, 9.17) is 14.2 Å². The van der Waals surface area contributed by atoms with Crippen molar-refractivity contribution in [2.45, 2.75) is 63.0 Å². The summed E-state index contributed by atoms with van der Waals surface area (Å²) in [7, 11) is -3.77. The summed E-state index contributed by atoms with van der Waals surface area (Å²) in [5.41, 5.74) is 3.79. The molecule has 8 heteroatoms. The quantitative estimate of drug-likeness (QED) is 0.327. The maximum Gasteiger partial charge on any atom is 0.344 e. The van der Waals surface area contributed by atoms with Gasteiger partial charge in [-0.25, -0.2) is 13.2 Å². The van der Waals surface area contributed by atoms with Crippen molar-refractivity contribution in [2.75, 3.05) is 19.8 Å². The lowest BCUT2D eigenvalue weighted by atomic mass is 9.74. The van der Waals surface area contributed by atoms with Gasteiger partial charge in [0.2, 0.25) is 10.0 Å². The highest BCUT2D eigenvalue weighted by molar-refractivity contribution is 7.89. The summed E-state index contributed by atoms with van der Waals surface area (Å²) in [6, 6.07) is 20.9. The van der Waals surface area contributed by atoms with Gasteiger partial charge in [0, 0.05) is 18.5 Å². The van der Waals surface area contributed by atoms with E-state index >= 15 is 0 Å². The van der Waals surface area contributed by atoms with Crippen LogP contribution in [-0.4, -0.2) is 38.5 Å². The highest BCUT2D eigenvalue weighted by Crippen LogP contribution is 2.47. The number of hydrogen-bond donors (Lipinski definition) is 0. The van der Waals surface area contributed by atoms with E-state index in [2.05, 4.69) is 6.07 Å². The van der Waals surface area contributed by atoms with Gasteiger partial charge in [-0.3, -0.25) is 0 Å². The molecule has 1 heterocycles. The van der Waals surface area contributed by atoms with Crippen molar-refractivity contribution in [1.82, 2.24) is 4.31 Å². The fourth-order valence-corrected chi connectivity index (χ4v) is 7.39. The molecular weight excluding hydrogens is 514 g/mol. The third-order valence-corrected chi connectivity index (χ3v) is 9.51. The highest BCUT2D eigenvalue weighted by atomic mass is 32.2. The molecule has 0 unspecified atom stereocenters.